The Kier molecular flexibility index (Phi) is 2.63. The van der Waals surface area contributed by atoms with Gasteiger partial charge in [0, 0.05) is 16.9 Å². The summed E-state index contributed by atoms with van der Waals surface area (Å²) in [5.74, 6) is 0. The van der Waals surface area contributed by atoms with Gasteiger partial charge in [-0.25, -0.2) is 0 Å². The van der Waals surface area contributed by atoms with Gasteiger partial charge in [-0.3, -0.25) is 4.98 Å². The van der Waals surface area contributed by atoms with E-state index < -0.39 is 0 Å². The van der Waals surface area contributed by atoms with Gasteiger partial charge in [-0.2, -0.15) is 0 Å². The summed E-state index contributed by atoms with van der Waals surface area (Å²) in [6.45, 7) is 1.99. The molecule has 0 spiro atoms. The minimum atomic E-state index is 1.04. The molecule has 0 bridgehead atoms. The molecule has 0 atom stereocenters. The highest BCUT2D eigenvalue weighted by molar-refractivity contribution is 9.10. The molecule has 0 saturated heterocycles. The first-order valence-corrected chi connectivity index (χ1v) is 3.86. The van der Waals surface area contributed by atoms with Crippen molar-refractivity contribution in [2.75, 3.05) is 0 Å². The molecule has 0 aliphatic carbocycles. The fraction of sp³-hybridized carbons (Fsp3) is 0.125. The van der Waals surface area contributed by atoms with Crippen LogP contribution < -0.4 is 0 Å². The zero-order valence-electron chi connectivity index (χ0n) is 5.71. The van der Waals surface area contributed by atoms with Crippen LogP contribution in [0.2, 0.25) is 0 Å². The highest BCUT2D eigenvalue weighted by atomic mass is 79.9. The Labute approximate surface area is 68.9 Å². The van der Waals surface area contributed by atoms with Crippen LogP contribution >= 0.6 is 15.9 Å². The SMILES string of the molecule is C/C=C/c1ccncc1Br. The Morgan fingerprint density at radius 3 is 3.00 bits per heavy atom. The summed E-state index contributed by atoms with van der Waals surface area (Å²) in [5, 5.41) is 0. The Balaban J connectivity index is 3.03. The Morgan fingerprint density at radius 2 is 2.40 bits per heavy atom. The average Bonchev–Trinajstić information content (AvgIpc) is 1.94. The Bertz CT molecular complexity index is 243. The summed E-state index contributed by atoms with van der Waals surface area (Å²) >= 11 is 3.38. The molecule has 1 aromatic heterocycles. The minimum Gasteiger partial charge on any atom is -0.264 e. The van der Waals surface area contributed by atoms with Crippen LogP contribution in [0.25, 0.3) is 6.08 Å². The highest BCUT2D eigenvalue weighted by Crippen LogP contribution is 2.15. The normalized spacial score (nSPS) is 10.6. The van der Waals surface area contributed by atoms with Crippen LogP contribution in [-0.2, 0) is 0 Å². The summed E-state index contributed by atoms with van der Waals surface area (Å²) in [6, 6.07) is 1.96. The lowest BCUT2D eigenvalue weighted by molar-refractivity contribution is 1.30. The lowest BCUT2D eigenvalue weighted by Crippen LogP contribution is -1.75. The monoisotopic (exact) mass is 197 g/mol. The van der Waals surface area contributed by atoms with Crippen molar-refractivity contribution in [3.05, 3.63) is 34.6 Å². The first kappa shape index (κ1) is 7.48. The molecule has 10 heavy (non-hydrogen) atoms. The number of nitrogens with zero attached hydrogens (tertiary/aromatic N) is 1. The molecule has 2 heteroatoms. The molecule has 0 N–H and O–H groups in total. The van der Waals surface area contributed by atoms with Crippen LogP contribution in [0.1, 0.15) is 12.5 Å². The molecule has 1 rings (SSSR count). The van der Waals surface area contributed by atoms with E-state index in [1.165, 1.54) is 0 Å². The van der Waals surface area contributed by atoms with E-state index in [9.17, 15) is 0 Å². The molecular formula is C8H8BrN. The molecule has 0 aliphatic rings. The molecule has 0 aliphatic heterocycles. The fourth-order valence-corrected chi connectivity index (χ4v) is 1.08. The van der Waals surface area contributed by atoms with Crippen molar-refractivity contribution in [2.45, 2.75) is 6.92 Å². The van der Waals surface area contributed by atoms with Crippen molar-refractivity contribution < 1.29 is 0 Å². The van der Waals surface area contributed by atoms with Gasteiger partial charge in [0.2, 0.25) is 0 Å². The summed E-state index contributed by atoms with van der Waals surface area (Å²) in [7, 11) is 0. The number of halogens is 1. The third kappa shape index (κ3) is 1.67. The second-order valence-corrected chi connectivity index (χ2v) is 2.75. The summed E-state index contributed by atoms with van der Waals surface area (Å²) in [4.78, 5) is 3.95. The van der Waals surface area contributed by atoms with E-state index in [1.807, 2.05) is 25.1 Å². The van der Waals surface area contributed by atoms with Crippen LogP contribution in [0.4, 0.5) is 0 Å². The quantitative estimate of drug-likeness (QED) is 0.675. The smallest absolute Gasteiger partial charge is 0.0431 e. The molecule has 0 amide bonds. The minimum absolute atomic E-state index is 1.04. The maximum absolute atomic E-state index is 3.95. The van der Waals surface area contributed by atoms with Gasteiger partial charge in [-0.1, -0.05) is 12.2 Å². The van der Waals surface area contributed by atoms with Crippen molar-refractivity contribution in [1.82, 2.24) is 4.98 Å². The lowest BCUT2D eigenvalue weighted by Gasteiger charge is -1.93. The Hall–Kier alpha value is -0.630. The van der Waals surface area contributed by atoms with E-state index in [2.05, 4.69) is 20.9 Å². The van der Waals surface area contributed by atoms with Gasteiger partial charge in [0.1, 0.15) is 0 Å². The molecule has 0 fully saturated rings. The summed E-state index contributed by atoms with van der Waals surface area (Å²) in [6.07, 6.45) is 7.60. The molecule has 52 valence electrons. The predicted molar refractivity (Wildman–Crippen MR) is 46.6 cm³/mol. The zero-order chi connectivity index (χ0) is 7.40. The van der Waals surface area contributed by atoms with Gasteiger partial charge >= 0.3 is 0 Å². The molecule has 1 heterocycles. The summed E-state index contributed by atoms with van der Waals surface area (Å²) < 4.78 is 1.04. The largest absolute Gasteiger partial charge is 0.264 e. The molecule has 1 nitrogen and oxygen atoms in total. The molecule has 0 saturated carbocycles. The lowest BCUT2D eigenvalue weighted by atomic mass is 10.2. The van der Waals surface area contributed by atoms with Crippen molar-refractivity contribution in [1.29, 1.82) is 0 Å². The number of pyridine rings is 1. The van der Waals surface area contributed by atoms with E-state index in [1.54, 1.807) is 12.4 Å². The number of rotatable bonds is 1. The van der Waals surface area contributed by atoms with Crippen molar-refractivity contribution in [3.8, 4) is 0 Å². The van der Waals surface area contributed by atoms with Gasteiger partial charge < -0.3 is 0 Å². The number of hydrogen-bond donors (Lipinski definition) is 0. The van der Waals surface area contributed by atoms with Crippen LogP contribution in [0.5, 0.6) is 0 Å². The van der Waals surface area contributed by atoms with Crippen LogP contribution in [0.3, 0.4) is 0 Å². The summed E-state index contributed by atoms with van der Waals surface area (Å²) in [5.41, 5.74) is 1.16. The molecule has 1 aromatic rings. The van der Waals surface area contributed by atoms with Crippen molar-refractivity contribution in [2.24, 2.45) is 0 Å². The van der Waals surface area contributed by atoms with E-state index in [0.717, 1.165) is 10.0 Å². The van der Waals surface area contributed by atoms with Gasteiger partial charge in [0.05, 0.1) is 0 Å². The van der Waals surface area contributed by atoms with Gasteiger partial charge in [-0.05, 0) is 34.5 Å². The maximum atomic E-state index is 3.95. The Morgan fingerprint density at radius 1 is 1.60 bits per heavy atom. The van der Waals surface area contributed by atoms with E-state index >= 15 is 0 Å². The molecule has 0 unspecified atom stereocenters. The van der Waals surface area contributed by atoms with Crippen LogP contribution in [0.15, 0.2) is 29.0 Å². The number of hydrogen-bond acceptors (Lipinski definition) is 1. The maximum Gasteiger partial charge on any atom is 0.0431 e. The molecule has 0 radical (unpaired) electrons. The van der Waals surface area contributed by atoms with Crippen molar-refractivity contribution in [3.63, 3.8) is 0 Å². The number of allylic oxidation sites excluding steroid dienone is 1. The third-order valence-corrected chi connectivity index (χ3v) is 1.81. The van der Waals surface area contributed by atoms with Gasteiger partial charge in [0.15, 0.2) is 0 Å². The van der Waals surface area contributed by atoms with Crippen LogP contribution in [-0.4, -0.2) is 4.98 Å². The second-order valence-electron chi connectivity index (χ2n) is 1.90. The predicted octanol–water partition coefficient (Wildman–Crippen LogP) is 2.88. The first-order valence-electron chi connectivity index (χ1n) is 3.07. The van der Waals surface area contributed by atoms with Crippen LogP contribution in [0, 0.1) is 0 Å². The number of aromatic nitrogens is 1. The average molecular weight is 198 g/mol. The topological polar surface area (TPSA) is 12.9 Å². The van der Waals surface area contributed by atoms with E-state index in [4.69, 9.17) is 0 Å². The van der Waals surface area contributed by atoms with Gasteiger partial charge in [-0.15, -0.1) is 0 Å². The molecular weight excluding hydrogens is 190 g/mol. The first-order chi connectivity index (χ1) is 4.84. The third-order valence-electron chi connectivity index (χ3n) is 1.15. The standard InChI is InChI=1S/C8H8BrN/c1-2-3-7-4-5-10-6-8(7)9/h2-6H,1H3/b3-2+. The highest BCUT2D eigenvalue weighted by Gasteiger charge is 1.90. The second kappa shape index (κ2) is 3.52. The molecule has 0 aromatic carbocycles. The van der Waals surface area contributed by atoms with Gasteiger partial charge in [0.25, 0.3) is 0 Å². The zero-order valence-corrected chi connectivity index (χ0v) is 7.30. The van der Waals surface area contributed by atoms with E-state index in [-0.39, 0.29) is 0 Å². The van der Waals surface area contributed by atoms with E-state index in [0.29, 0.717) is 0 Å². The van der Waals surface area contributed by atoms with Crippen molar-refractivity contribution >= 4 is 22.0 Å². The fourth-order valence-electron chi connectivity index (χ4n) is 0.701.